The number of thioether (sulfide) groups is 1. The maximum Gasteiger partial charge on any atom is 0.153 e. The van der Waals surface area contributed by atoms with Crippen molar-refractivity contribution in [3.63, 3.8) is 0 Å². The number of nitrogens with two attached hydrogens (primary N) is 1. The highest BCUT2D eigenvalue weighted by molar-refractivity contribution is 7.99. The number of anilines is 2. The number of nitrogens with zero attached hydrogens (tertiary/aromatic N) is 1. The molecule has 3 N–H and O–H groups in total. The van der Waals surface area contributed by atoms with Gasteiger partial charge in [-0.2, -0.15) is 4.37 Å². The molecular formula is C9H15N3S2. The number of aromatic nitrogens is 1. The van der Waals surface area contributed by atoms with Gasteiger partial charge in [0.15, 0.2) is 5.82 Å². The van der Waals surface area contributed by atoms with E-state index in [0.717, 1.165) is 22.4 Å². The van der Waals surface area contributed by atoms with Crippen LogP contribution in [0.4, 0.5) is 10.8 Å². The number of nitrogen functional groups attached to an aromatic ring is 1. The third-order valence-corrected chi connectivity index (χ3v) is 4.18. The molecule has 0 spiro atoms. The first kappa shape index (κ1) is 10.1. The van der Waals surface area contributed by atoms with Gasteiger partial charge >= 0.3 is 0 Å². The van der Waals surface area contributed by atoms with Crippen molar-refractivity contribution in [3.05, 3.63) is 0 Å². The molecule has 0 aliphatic heterocycles. The highest BCUT2D eigenvalue weighted by Crippen LogP contribution is 2.36. The van der Waals surface area contributed by atoms with Crippen LogP contribution in [0.25, 0.3) is 0 Å². The second-order valence-electron chi connectivity index (χ2n) is 3.59. The molecule has 0 bridgehead atoms. The fourth-order valence-corrected chi connectivity index (χ4v) is 2.97. The molecule has 0 radical (unpaired) electrons. The quantitative estimate of drug-likeness (QED) is 0.762. The van der Waals surface area contributed by atoms with Crippen LogP contribution >= 0.6 is 23.3 Å². The largest absolute Gasteiger partial charge is 0.382 e. The number of hydrogen-bond donors (Lipinski definition) is 2. The van der Waals surface area contributed by atoms with E-state index in [1.165, 1.54) is 30.8 Å². The average molecular weight is 229 g/mol. The summed E-state index contributed by atoms with van der Waals surface area (Å²) in [4.78, 5) is 1.10. The third-order valence-electron chi connectivity index (χ3n) is 2.41. The molecule has 2 rings (SSSR count). The smallest absolute Gasteiger partial charge is 0.153 e. The lowest BCUT2D eigenvalue weighted by molar-refractivity contribution is 0.760. The molecule has 78 valence electrons. The van der Waals surface area contributed by atoms with Gasteiger partial charge < -0.3 is 11.1 Å². The summed E-state index contributed by atoms with van der Waals surface area (Å²) in [6.07, 6.45) is 6.15. The predicted molar refractivity (Wildman–Crippen MR) is 64.1 cm³/mol. The lowest BCUT2D eigenvalue weighted by Gasteiger charge is -2.03. The molecule has 3 nitrogen and oxygen atoms in total. The van der Waals surface area contributed by atoms with Gasteiger partial charge in [0.05, 0.1) is 4.90 Å². The van der Waals surface area contributed by atoms with Crippen LogP contribution < -0.4 is 11.1 Å². The second-order valence-corrected chi connectivity index (χ2v) is 5.18. The van der Waals surface area contributed by atoms with Crippen LogP contribution in [0.5, 0.6) is 0 Å². The van der Waals surface area contributed by atoms with Crippen molar-refractivity contribution in [3.8, 4) is 0 Å². The molecule has 1 heterocycles. The number of hydrogen-bond acceptors (Lipinski definition) is 5. The van der Waals surface area contributed by atoms with E-state index >= 15 is 0 Å². The Labute approximate surface area is 92.6 Å². The molecule has 1 saturated carbocycles. The topological polar surface area (TPSA) is 50.9 Å². The summed E-state index contributed by atoms with van der Waals surface area (Å²) in [6, 6.07) is 0. The standard InChI is InChI=1S/C9H15N3S2/c1-13-7-8(10)12-14-9(7)11-5-4-6-2-3-6/h6,11H,2-5H2,1H3,(H2,10,12). The fraction of sp³-hybridized carbons (Fsp3) is 0.667. The minimum Gasteiger partial charge on any atom is -0.382 e. The van der Waals surface area contributed by atoms with Gasteiger partial charge in [0.25, 0.3) is 0 Å². The molecule has 1 fully saturated rings. The summed E-state index contributed by atoms with van der Waals surface area (Å²) in [5.41, 5.74) is 5.73. The van der Waals surface area contributed by atoms with Gasteiger partial charge in [-0.15, -0.1) is 11.8 Å². The molecule has 5 heteroatoms. The molecule has 1 aliphatic rings. The van der Waals surface area contributed by atoms with Crippen molar-refractivity contribution < 1.29 is 0 Å². The Hall–Kier alpha value is -0.420. The van der Waals surface area contributed by atoms with Crippen LogP contribution in [0.2, 0.25) is 0 Å². The van der Waals surface area contributed by atoms with E-state index in [1.54, 1.807) is 11.8 Å². The average Bonchev–Trinajstić information content (AvgIpc) is 2.92. The molecule has 0 amide bonds. The van der Waals surface area contributed by atoms with Gasteiger partial charge in [-0.3, -0.25) is 0 Å². The Bertz CT molecular complexity index is 307. The van der Waals surface area contributed by atoms with E-state index in [0.29, 0.717) is 5.82 Å². The zero-order valence-corrected chi connectivity index (χ0v) is 9.88. The van der Waals surface area contributed by atoms with Gasteiger partial charge in [0.1, 0.15) is 5.00 Å². The normalized spacial score (nSPS) is 15.8. The molecule has 1 aromatic heterocycles. The van der Waals surface area contributed by atoms with Gasteiger partial charge in [-0.25, -0.2) is 0 Å². The Balaban J connectivity index is 1.87. The predicted octanol–water partition coefficient (Wildman–Crippen LogP) is 2.66. The summed E-state index contributed by atoms with van der Waals surface area (Å²) in [5, 5.41) is 4.55. The summed E-state index contributed by atoms with van der Waals surface area (Å²) in [6.45, 7) is 1.06. The molecule has 0 saturated heterocycles. The maximum absolute atomic E-state index is 5.73. The molecule has 0 unspecified atom stereocenters. The summed E-state index contributed by atoms with van der Waals surface area (Å²) < 4.78 is 4.14. The lowest BCUT2D eigenvalue weighted by Crippen LogP contribution is -2.01. The van der Waals surface area contributed by atoms with E-state index in [4.69, 9.17) is 5.73 Å². The van der Waals surface area contributed by atoms with Crippen LogP contribution in [-0.2, 0) is 0 Å². The fourth-order valence-electron chi connectivity index (χ4n) is 1.40. The van der Waals surface area contributed by atoms with E-state index in [1.807, 2.05) is 6.26 Å². The minimum atomic E-state index is 0.663. The summed E-state index contributed by atoms with van der Waals surface area (Å²) in [5.74, 6) is 1.64. The van der Waals surface area contributed by atoms with Crippen molar-refractivity contribution in [2.24, 2.45) is 5.92 Å². The molecular weight excluding hydrogens is 214 g/mol. The van der Waals surface area contributed by atoms with Gasteiger partial charge in [-0.05, 0) is 30.1 Å². The van der Waals surface area contributed by atoms with E-state index < -0.39 is 0 Å². The SMILES string of the molecule is CSc1c(N)nsc1NCCC1CC1. The lowest BCUT2D eigenvalue weighted by atomic mass is 10.3. The van der Waals surface area contributed by atoms with Crippen LogP contribution in [0.3, 0.4) is 0 Å². The first-order valence-electron chi connectivity index (χ1n) is 4.84. The molecule has 14 heavy (non-hydrogen) atoms. The Morgan fingerprint density at radius 2 is 2.43 bits per heavy atom. The molecule has 1 aliphatic carbocycles. The van der Waals surface area contributed by atoms with Crippen LogP contribution in [0.1, 0.15) is 19.3 Å². The summed E-state index contributed by atoms with van der Waals surface area (Å²) >= 11 is 3.13. The Kier molecular flexibility index (Phi) is 3.18. The van der Waals surface area contributed by atoms with Crippen LogP contribution in [-0.4, -0.2) is 17.2 Å². The molecule has 1 aromatic rings. The van der Waals surface area contributed by atoms with Crippen molar-refractivity contribution >= 4 is 34.1 Å². The van der Waals surface area contributed by atoms with Crippen molar-refractivity contribution in [1.82, 2.24) is 4.37 Å². The minimum absolute atomic E-state index is 0.663. The maximum atomic E-state index is 5.73. The highest BCUT2D eigenvalue weighted by Gasteiger charge is 2.20. The third kappa shape index (κ3) is 2.33. The van der Waals surface area contributed by atoms with Crippen molar-refractivity contribution in [2.45, 2.75) is 24.2 Å². The number of nitrogens with one attached hydrogen (secondary N) is 1. The molecule has 0 aromatic carbocycles. The van der Waals surface area contributed by atoms with Gasteiger partial charge in [0.2, 0.25) is 0 Å². The molecule has 0 atom stereocenters. The van der Waals surface area contributed by atoms with Crippen molar-refractivity contribution in [2.75, 3.05) is 23.9 Å². The van der Waals surface area contributed by atoms with Gasteiger partial charge in [-0.1, -0.05) is 12.8 Å². The van der Waals surface area contributed by atoms with E-state index in [2.05, 4.69) is 9.69 Å². The first-order valence-corrected chi connectivity index (χ1v) is 6.84. The zero-order valence-electron chi connectivity index (χ0n) is 8.25. The van der Waals surface area contributed by atoms with Crippen LogP contribution in [0, 0.1) is 5.92 Å². The Morgan fingerprint density at radius 1 is 1.64 bits per heavy atom. The number of rotatable bonds is 5. The van der Waals surface area contributed by atoms with E-state index in [9.17, 15) is 0 Å². The zero-order chi connectivity index (χ0) is 9.97. The van der Waals surface area contributed by atoms with E-state index in [-0.39, 0.29) is 0 Å². The van der Waals surface area contributed by atoms with Gasteiger partial charge in [0, 0.05) is 6.54 Å². The summed E-state index contributed by atoms with van der Waals surface area (Å²) in [7, 11) is 0. The second kappa shape index (κ2) is 4.40. The monoisotopic (exact) mass is 229 g/mol. The highest BCUT2D eigenvalue weighted by atomic mass is 32.2. The van der Waals surface area contributed by atoms with Crippen molar-refractivity contribution in [1.29, 1.82) is 0 Å². The Morgan fingerprint density at radius 3 is 3.07 bits per heavy atom. The van der Waals surface area contributed by atoms with Crippen LogP contribution in [0.15, 0.2) is 4.90 Å². The first-order chi connectivity index (χ1) is 6.81.